The molecular formula is C18H25N5O. The van der Waals surface area contributed by atoms with Crippen molar-refractivity contribution in [3.05, 3.63) is 47.8 Å². The van der Waals surface area contributed by atoms with Crippen molar-refractivity contribution in [1.82, 2.24) is 25.2 Å². The molecule has 6 heteroatoms. The number of amides is 1. The molecule has 0 atom stereocenters. The molecule has 24 heavy (non-hydrogen) atoms. The van der Waals surface area contributed by atoms with E-state index in [0.717, 1.165) is 57.7 Å². The number of aromatic nitrogens is 3. The van der Waals surface area contributed by atoms with E-state index in [0.29, 0.717) is 6.42 Å². The lowest BCUT2D eigenvalue weighted by Gasteiger charge is -2.22. The topological polar surface area (TPSA) is 65.1 Å². The number of aryl methyl sites for hydroxylation is 1. The van der Waals surface area contributed by atoms with Crippen LogP contribution in [0.3, 0.4) is 0 Å². The lowest BCUT2D eigenvalue weighted by atomic mass is 10.2. The Balaban J connectivity index is 1.42. The van der Waals surface area contributed by atoms with E-state index < -0.39 is 0 Å². The van der Waals surface area contributed by atoms with Gasteiger partial charge in [-0.2, -0.15) is 15.4 Å². The molecule has 2 heterocycles. The Bertz CT molecular complexity index is 614. The molecule has 0 radical (unpaired) electrons. The largest absolute Gasteiger partial charge is 0.341 e. The summed E-state index contributed by atoms with van der Waals surface area (Å²) < 4.78 is 0. The Kier molecular flexibility index (Phi) is 5.96. The van der Waals surface area contributed by atoms with Crippen molar-refractivity contribution < 1.29 is 4.79 Å². The molecular weight excluding hydrogens is 302 g/mol. The van der Waals surface area contributed by atoms with E-state index in [1.165, 1.54) is 5.56 Å². The van der Waals surface area contributed by atoms with E-state index in [-0.39, 0.29) is 5.91 Å². The molecule has 2 aromatic rings. The van der Waals surface area contributed by atoms with Gasteiger partial charge in [0.1, 0.15) is 0 Å². The van der Waals surface area contributed by atoms with Gasteiger partial charge in [0.05, 0.1) is 11.9 Å². The maximum atomic E-state index is 12.4. The average Bonchev–Trinajstić information content (AvgIpc) is 3.01. The first kappa shape index (κ1) is 16.6. The van der Waals surface area contributed by atoms with Gasteiger partial charge in [-0.1, -0.05) is 30.3 Å². The smallest absolute Gasteiger partial charge is 0.222 e. The summed E-state index contributed by atoms with van der Waals surface area (Å²) in [6, 6.07) is 10.5. The van der Waals surface area contributed by atoms with Crippen LogP contribution in [0.25, 0.3) is 0 Å². The monoisotopic (exact) mass is 327 g/mol. The van der Waals surface area contributed by atoms with Crippen LogP contribution in [0.2, 0.25) is 0 Å². The molecule has 3 rings (SSSR count). The minimum Gasteiger partial charge on any atom is -0.341 e. The molecule has 1 amide bonds. The SMILES string of the molecule is O=C(CCCc1cn[nH]n1)N1CCCN(Cc2ccccc2)CC1. The van der Waals surface area contributed by atoms with Gasteiger partial charge in [-0.15, -0.1) is 0 Å². The van der Waals surface area contributed by atoms with Crippen molar-refractivity contribution in [2.24, 2.45) is 0 Å². The number of carbonyl (C=O) groups is 1. The van der Waals surface area contributed by atoms with Crippen LogP contribution in [0.4, 0.5) is 0 Å². The number of benzene rings is 1. The lowest BCUT2D eigenvalue weighted by Crippen LogP contribution is -2.35. The van der Waals surface area contributed by atoms with Crippen molar-refractivity contribution in [3.63, 3.8) is 0 Å². The molecule has 0 aliphatic carbocycles. The summed E-state index contributed by atoms with van der Waals surface area (Å²) in [5.41, 5.74) is 2.26. The third-order valence-corrected chi connectivity index (χ3v) is 4.48. The summed E-state index contributed by atoms with van der Waals surface area (Å²) in [7, 11) is 0. The van der Waals surface area contributed by atoms with Crippen LogP contribution in [0.15, 0.2) is 36.5 Å². The standard InChI is InChI=1S/C18H25N5O/c24-18(9-4-8-17-14-19-21-20-17)23-11-5-10-22(12-13-23)15-16-6-2-1-3-7-16/h1-3,6-7,14H,4-5,8-13,15H2,(H,19,20,21). The number of carbonyl (C=O) groups excluding carboxylic acids is 1. The Morgan fingerprint density at radius 3 is 2.79 bits per heavy atom. The predicted octanol–water partition coefficient (Wildman–Crippen LogP) is 1.86. The van der Waals surface area contributed by atoms with Gasteiger partial charge in [0.15, 0.2) is 0 Å². The molecule has 1 N–H and O–H groups in total. The number of H-pyrrole nitrogens is 1. The van der Waals surface area contributed by atoms with Crippen LogP contribution in [0.5, 0.6) is 0 Å². The fourth-order valence-corrected chi connectivity index (χ4v) is 3.14. The van der Waals surface area contributed by atoms with Crippen LogP contribution in [0, 0.1) is 0 Å². The number of hydrogen-bond acceptors (Lipinski definition) is 4. The molecule has 0 spiro atoms. The minimum absolute atomic E-state index is 0.264. The molecule has 6 nitrogen and oxygen atoms in total. The van der Waals surface area contributed by atoms with Gasteiger partial charge in [0.2, 0.25) is 5.91 Å². The summed E-state index contributed by atoms with van der Waals surface area (Å²) in [6.45, 7) is 4.67. The Labute approximate surface area is 142 Å². The molecule has 0 unspecified atom stereocenters. The number of aromatic amines is 1. The zero-order valence-electron chi connectivity index (χ0n) is 14.0. The summed E-state index contributed by atoms with van der Waals surface area (Å²) in [6.07, 6.45) is 4.98. The number of nitrogens with zero attached hydrogens (tertiary/aromatic N) is 4. The number of rotatable bonds is 6. The summed E-state index contributed by atoms with van der Waals surface area (Å²) in [4.78, 5) is 16.9. The van der Waals surface area contributed by atoms with Crippen LogP contribution in [-0.4, -0.2) is 57.3 Å². The first-order valence-electron chi connectivity index (χ1n) is 8.70. The fraction of sp³-hybridized carbons (Fsp3) is 0.500. The average molecular weight is 327 g/mol. The van der Waals surface area contributed by atoms with Gasteiger partial charge in [0.25, 0.3) is 0 Å². The fourth-order valence-electron chi connectivity index (χ4n) is 3.14. The molecule has 1 aliphatic heterocycles. The van der Waals surface area contributed by atoms with Crippen LogP contribution < -0.4 is 0 Å². The van der Waals surface area contributed by atoms with Crippen molar-refractivity contribution in [2.75, 3.05) is 26.2 Å². The molecule has 1 saturated heterocycles. The van der Waals surface area contributed by atoms with E-state index in [2.05, 4.69) is 44.6 Å². The van der Waals surface area contributed by atoms with Crippen molar-refractivity contribution in [1.29, 1.82) is 0 Å². The second kappa shape index (κ2) is 8.59. The zero-order valence-corrected chi connectivity index (χ0v) is 14.0. The Morgan fingerprint density at radius 1 is 1.12 bits per heavy atom. The van der Waals surface area contributed by atoms with E-state index in [9.17, 15) is 4.79 Å². The summed E-state index contributed by atoms with van der Waals surface area (Å²) in [5.74, 6) is 0.264. The highest BCUT2D eigenvalue weighted by Gasteiger charge is 2.18. The highest BCUT2D eigenvalue weighted by Crippen LogP contribution is 2.11. The van der Waals surface area contributed by atoms with Crippen molar-refractivity contribution in [2.45, 2.75) is 32.2 Å². The van der Waals surface area contributed by atoms with Gasteiger partial charge in [-0.3, -0.25) is 9.69 Å². The van der Waals surface area contributed by atoms with Gasteiger partial charge < -0.3 is 4.90 Å². The van der Waals surface area contributed by atoms with Crippen LogP contribution >= 0.6 is 0 Å². The number of hydrogen-bond donors (Lipinski definition) is 1. The molecule has 128 valence electrons. The van der Waals surface area contributed by atoms with E-state index in [1.54, 1.807) is 6.20 Å². The lowest BCUT2D eigenvalue weighted by molar-refractivity contribution is -0.131. The molecule has 1 aromatic carbocycles. The minimum atomic E-state index is 0.264. The third kappa shape index (κ3) is 4.89. The van der Waals surface area contributed by atoms with Gasteiger partial charge in [-0.05, 0) is 24.8 Å². The first-order chi connectivity index (χ1) is 11.8. The Morgan fingerprint density at radius 2 is 2.00 bits per heavy atom. The molecule has 1 aliphatic rings. The highest BCUT2D eigenvalue weighted by molar-refractivity contribution is 5.76. The van der Waals surface area contributed by atoms with E-state index in [1.807, 2.05) is 11.0 Å². The van der Waals surface area contributed by atoms with Gasteiger partial charge in [0, 0.05) is 39.1 Å². The first-order valence-corrected chi connectivity index (χ1v) is 8.70. The highest BCUT2D eigenvalue weighted by atomic mass is 16.2. The maximum Gasteiger partial charge on any atom is 0.222 e. The Hall–Kier alpha value is -2.21. The summed E-state index contributed by atoms with van der Waals surface area (Å²) >= 11 is 0. The predicted molar refractivity (Wildman–Crippen MR) is 92.2 cm³/mol. The van der Waals surface area contributed by atoms with Crippen molar-refractivity contribution in [3.8, 4) is 0 Å². The van der Waals surface area contributed by atoms with E-state index >= 15 is 0 Å². The van der Waals surface area contributed by atoms with Crippen LogP contribution in [0.1, 0.15) is 30.5 Å². The van der Waals surface area contributed by atoms with Crippen LogP contribution in [-0.2, 0) is 17.8 Å². The van der Waals surface area contributed by atoms with Crippen molar-refractivity contribution >= 4 is 5.91 Å². The molecule has 0 bridgehead atoms. The third-order valence-electron chi connectivity index (χ3n) is 4.48. The van der Waals surface area contributed by atoms with Gasteiger partial charge >= 0.3 is 0 Å². The molecule has 1 fully saturated rings. The second-order valence-corrected chi connectivity index (χ2v) is 6.31. The normalized spacial score (nSPS) is 16.1. The maximum absolute atomic E-state index is 12.4. The quantitative estimate of drug-likeness (QED) is 0.879. The van der Waals surface area contributed by atoms with E-state index in [4.69, 9.17) is 0 Å². The molecule has 1 aromatic heterocycles. The number of nitrogens with one attached hydrogen (secondary N) is 1. The zero-order chi connectivity index (χ0) is 16.6. The second-order valence-electron chi connectivity index (χ2n) is 6.31. The molecule has 0 saturated carbocycles. The van der Waals surface area contributed by atoms with Gasteiger partial charge in [-0.25, -0.2) is 0 Å². The summed E-state index contributed by atoms with van der Waals surface area (Å²) in [5, 5.41) is 10.4.